The molecular formula is C5H10N2. The van der Waals surface area contributed by atoms with Crippen LogP contribution in [0, 0.1) is 5.41 Å². The van der Waals surface area contributed by atoms with Gasteiger partial charge in [0.15, 0.2) is 0 Å². The summed E-state index contributed by atoms with van der Waals surface area (Å²) in [5.41, 5.74) is 5.96. The molecule has 0 fully saturated rings. The van der Waals surface area contributed by atoms with E-state index in [-0.39, 0.29) is 0 Å². The summed E-state index contributed by atoms with van der Waals surface area (Å²) < 4.78 is 0. The zero-order chi connectivity index (χ0) is 5.70. The molecule has 0 saturated carbocycles. The van der Waals surface area contributed by atoms with Gasteiger partial charge in [0.1, 0.15) is 0 Å². The summed E-state index contributed by atoms with van der Waals surface area (Å²) in [5.74, 6) is 0. The Morgan fingerprint density at radius 3 is 2.43 bits per heavy atom. The summed E-state index contributed by atoms with van der Waals surface area (Å²) in [5, 5.41) is 6.69. The maximum atomic E-state index is 6.69. The molecule has 40 valence electrons. The number of nitrogens with one attached hydrogen (secondary N) is 1. The zero-order valence-electron chi connectivity index (χ0n) is 4.44. The second-order valence-corrected chi connectivity index (χ2v) is 1.24. The third-order valence-electron chi connectivity index (χ3n) is 0.808. The van der Waals surface area contributed by atoms with Crippen LogP contribution in [0.25, 0.3) is 0 Å². The summed E-state index contributed by atoms with van der Waals surface area (Å²) in [6, 6.07) is 0. The first-order valence-electron chi connectivity index (χ1n) is 2.26. The molecule has 0 spiro atoms. The average molecular weight is 98.1 g/mol. The molecule has 0 aliphatic carbocycles. The van der Waals surface area contributed by atoms with E-state index in [0.29, 0.717) is 0 Å². The number of allylic oxidation sites excluding steroid dienone is 1. The first kappa shape index (κ1) is 6.21. The van der Waals surface area contributed by atoms with E-state index in [4.69, 9.17) is 11.1 Å². The van der Waals surface area contributed by atoms with Gasteiger partial charge in [-0.3, -0.25) is 0 Å². The molecule has 0 bridgehead atoms. The highest BCUT2D eigenvalue weighted by molar-refractivity contribution is 5.75. The second-order valence-electron chi connectivity index (χ2n) is 1.24. The van der Waals surface area contributed by atoms with Gasteiger partial charge in [-0.1, -0.05) is 6.92 Å². The van der Waals surface area contributed by atoms with Crippen molar-refractivity contribution >= 4 is 6.21 Å². The molecule has 0 rings (SSSR count). The van der Waals surface area contributed by atoms with Crippen LogP contribution in [0.15, 0.2) is 11.8 Å². The van der Waals surface area contributed by atoms with Gasteiger partial charge in [-0.05, 0) is 18.2 Å². The van der Waals surface area contributed by atoms with E-state index in [1.165, 1.54) is 12.4 Å². The van der Waals surface area contributed by atoms with Crippen LogP contribution >= 0.6 is 0 Å². The summed E-state index contributed by atoms with van der Waals surface area (Å²) in [6.45, 7) is 1.96. The van der Waals surface area contributed by atoms with Crippen molar-refractivity contribution in [3.05, 3.63) is 11.8 Å². The van der Waals surface area contributed by atoms with Crippen molar-refractivity contribution in [2.75, 3.05) is 0 Å². The fourth-order valence-electron chi connectivity index (χ4n) is 0.268. The van der Waals surface area contributed by atoms with Gasteiger partial charge >= 0.3 is 0 Å². The van der Waals surface area contributed by atoms with Crippen LogP contribution in [-0.2, 0) is 0 Å². The Bertz CT molecular complexity index is 84.1. The lowest BCUT2D eigenvalue weighted by Gasteiger charge is -1.86. The van der Waals surface area contributed by atoms with Crippen LogP contribution in [-0.4, -0.2) is 6.21 Å². The van der Waals surface area contributed by atoms with Gasteiger partial charge in [0.05, 0.1) is 0 Å². The zero-order valence-corrected chi connectivity index (χ0v) is 4.44. The van der Waals surface area contributed by atoms with E-state index >= 15 is 0 Å². The highest BCUT2D eigenvalue weighted by atomic mass is 14.5. The third kappa shape index (κ3) is 1.98. The fourth-order valence-corrected chi connectivity index (χ4v) is 0.268. The van der Waals surface area contributed by atoms with Crippen LogP contribution < -0.4 is 5.73 Å². The standard InChI is InChI=1S/C5H10N2/c1-2-5(3-6)4-7/h3-4,6H,2,7H2,1H3/b5-4+,6-3?. The van der Waals surface area contributed by atoms with E-state index in [1.54, 1.807) is 0 Å². The number of hydrogen-bond acceptors (Lipinski definition) is 2. The summed E-state index contributed by atoms with van der Waals surface area (Å²) in [7, 11) is 0. The van der Waals surface area contributed by atoms with Gasteiger partial charge in [-0.15, -0.1) is 0 Å². The Morgan fingerprint density at radius 1 is 1.86 bits per heavy atom. The summed E-state index contributed by atoms with van der Waals surface area (Å²) >= 11 is 0. The monoisotopic (exact) mass is 98.1 g/mol. The number of hydrogen-bond donors (Lipinski definition) is 2. The SMILES string of the molecule is CC/C(C=N)=C\N. The Balaban J connectivity index is 3.60. The van der Waals surface area contributed by atoms with E-state index in [1.807, 2.05) is 6.92 Å². The molecule has 0 aromatic carbocycles. The van der Waals surface area contributed by atoms with Crippen molar-refractivity contribution in [3.8, 4) is 0 Å². The van der Waals surface area contributed by atoms with Crippen molar-refractivity contribution in [2.24, 2.45) is 5.73 Å². The fraction of sp³-hybridized carbons (Fsp3) is 0.400. The van der Waals surface area contributed by atoms with Crippen LogP contribution in [0.5, 0.6) is 0 Å². The molecule has 2 heteroatoms. The molecule has 0 unspecified atom stereocenters. The molecule has 2 nitrogen and oxygen atoms in total. The largest absolute Gasteiger partial charge is 0.404 e. The van der Waals surface area contributed by atoms with Gasteiger partial charge in [0.2, 0.25) is 0 Å². The van der Waals surface area contributed by atoms with Crippen molar-refractivity contribution < 1.29 is 0 Å². The molecule has 0 aromatic rings. The maximum Gasteiger partial charge on any atom is 0.0224 e. The molecule has 0 atom stereocenters. The summed E-state index contributed by atoms with van der Waals surface area (Å²) in [4.78, 5) is 0. The van der Waals surface area contributed by atoms with E-state index < -0.39 is 0 Å². The Labute approximate surface area is 43.5 Å². The van der Waals surface area contributed by atoms with Gasteiger partial charge in [-0.2, -0.15) is 0 Å². The minimum absolute atomic E-state index is 0.847. The first-order chi connectivity index (χ1) is 3.35. The normalized spacial score (nSPS) is 11.3. The lowest BCUT2D eigenvalue weighted by Crippen LogP contribution is -1.86. The van der Waals surface area contributed by atoms with Gasteiger partial charge < -0.3 is 11.1 Å². The second kappa shape index (κ2) is 3.40. The average Bonchev–Trinajstić information content (AvgIpc) is 1.72. The van der Waals surface area contributed by atoms with Crippen LogP contribution in [0.2, 0.25) is 0 Å². The van der Waals surface area contributed by atoms with E-state index in [9.17, 15) is 0 Å². The molecular weight excluding hydrogens is 88.1 g/mol. The topological polar surface area (TPSA) is 49.9 Å². The molecule has 0 radical (unpaired) electrons. The van der Waals surface area contributed by atoms with Gasteiger partial charge in [0, 0.05) is 6.21 Å². The first-order valence-corrected chi connectivity index (χ1v) is 2.26. The number of rotatable bonds is 2. The molecule has 0 amide bonds. The quantitative estimate of drug-likeness (QED) is 0.495. The van der Waals surface area contributed by atoms with Gasteiger partial charge in [-0.25, -0.2) is 0 Å². The van der Waals surface area contributed by atoms with Crippen molar-refractivity contribution in [1.82, 2.24) is 0 Å². The Hall–Kier alpha value is -0.790. The molecule has 0 aromatic heterocycles. The van der Waals surface area contributed by atoms with Crippen LogP contribution in [0.3, 0.4) is 0 Å². The molecule has 3 N–H and O–H groups in total. The smallest absolute Gasteiger partial charge is 0.0224 e. The third-order valence-corrected chi connectivity index (χ3v) is 0.808. The summed E-state index contributed by atoms with van der Waals surface area (Å²) in [6.07, 6.45) is 3.56. The minimum atomic E-state index is 0.847. The lowest BCUT2D eigenvalue weighted by molar-refractivity contribution is 1.16. The lowest BCUT2D eigenvalue weighted by atomic mass is 10.2. The van der Waals surface area contributed by atoms with E-state index in [2.05, 4.69) is 0 Å². The van der Waals surface area contributed by atoms with E-state index in [0.717, 1.165) is 12.0 Å². The van der Waals surface area contributed by atoms with Crippen LogP contribution in [0.4, 0.5) is 0 Å². The molecule has 0 aliphatic heterocycles. The molecule has 0 aliphatic rings. The maximum absolute atomic E-state index is 6.69. The minimum Gasteiger partial charge on any atom is -0.404 e. The Kier molecular flexibility index (Phi) is 3.02. The molecule has 0 heterocycles. The molecule has 0 saturated heterocycles. The predicted octanol–water partition coefficient (Wildman–Crippen LogP) is 0.889. The predicted molar refractivity (Wildman–Crippen MR) is 31.3 cm³/mol. The van der Waals surface area contributed by atoms with Crippen LogP contribution in [0.1, 0.15) is 13.3 Å². The molecule has 7 heavy (non-hydrogen) atoms. The number of nitrogens with two attached hydrogens (primary N) is 1. The van der Waals surface area contributed by atoms with Crippen molar-refractivity contribution in [1.29, 1.82) is 5.41 Å². The Morgan fingerprint density at radius 2 is 2.43 bits per heavy atom. The van der Waals surface area contributed by atoms with Crippen molar-refractivity contribution in [3.63, 3.8) is 0 Å². The van der Waals surface area contributed by atoms with Gasteiger partial charge in [0.25, 0.3) is 0 Å². The highest BCUT2D eigenvalue weighted by Gasteiger charge is 1.79. The highest BCUT2D eigenvalue weighted by Crippen LogP contribution is 1.89. The van der Waals surface area contributed by atoms with Crippen molar-refractivity contribution in [2.45, 2.75) is 13.3 Å².